The van der Waals surface area contributed by atoms with Gasteiger partial charge >= 0.3 is 0 Å². The third-order valence-electron chi connectivity index (χ3n) is 2.84. The van der Waals surface area contributed by atoms with E-state index in [1.165, 1.54) is 5.56 Å². The van der Waals surface area contributed by atoms with Crippen LogP contribution in [0.5, 0.6) is 0 Å². The molecule has 1 rings (SSSR count). The second-order valence-corrected chi connectivity index (χ2v) is 5.25. The minimum atomic E-state index is 0.160. The number of nitrogens with zero attached hydrogens (tertiary/aromatic N) is 1. The van der Waals surface area contributed by atoms with Crippen LogP contribution in [0.3, 0.4) is 0 Å². The molecule has 0 amide bonds. The summed E-state index contributed by atoms with van der Waals surface area (Å²) in [5.41, 5.74) is 1.24. The molecule has 0 spiro atoms. The fourth-order valence-corrected chi connectivity index (χ4v) is 1.75. The first-order valence-corrected chi connectivity index (χ1v) is 7.41. The number of nitrogens with one attached hydrogen (secondary N) is 2. The van der Waals surface area contributed by atoms with Gasteiger partial charge in [-0.05, 0) is 37.0 Å². The smallest absolute Gasteiger partial charge is 0.191 e. The molecule has 3 N–H and O–H groups in total. The monoisotopic (exact) mass is 297 g/mol. The zero-order chi connectivity index (χ0) is 14.8. The van der Waals surface area contributed by atoms with E-state index in [0.717, 1.165) is 30.5 Å². The molecule has 0 aliphatic carbocycles. The van der Waals surface area contributed by atoms with Gasteiger partial charge in [0.15, 0.2) is 5.96 Å². The predicted octanol–water partition coefficient (Wildman–Crippen LogP) is 2.07. The standard InChI is InChI=1S/C15H24ClN3O/c1-3-17-15(19-10-12(2)11-20)18-9-8-13-4-6-14(16)7-5-13/h4-7,12,20H,3,8-11H2,1-2H3,(H2,17,18,19). The van der Waals surface area contributed by atoms with E-state index in [2.05, 4.69) is 15.6 Å². The number of aliphatic imine (C=N–C) groups is 1. The average Bonchev–Trinajstić information content (AvgIpc) is 2.46. The van der Waals surface area contributed by atoms with Gasteiger partial charge in [0.1, 0.15) is 0 Å². The van der Waals surface area contributed by atoms with Gasteiger partial charge in [0.25, 0.3) is 0 Å². The number of halogens is 1. The lowest BCUT2D eigenvalue weighted by Gasteiger charge is -2.12. The first-order chi connectivity index (χ1) is 9.65. The van der Waals surface area contributed by atoms with Crippen LogP contribution in [0.2, 0.25) is 5.02 Å². The summed E-state index contributed by atoms with van der Waals surface area (Å²) in [5.74, 6) is 0.975. The molecular weight excluding hydrogens is 274 g/mol. The van der Waals surface area contributed by atoms with Gasteiger partial charge < -0.3 is 15.7 Å². The lowest BCUT2D eigenvalue weighted by Crippen LogP contribution is -2.38. The molecule has 0 aliphatic heterocycles. The van der Waals surface area contributed by atoms with Crippen molar-refractivity contribution in [3.8, 4) is 0 Å². The number of hydrogen-bond donors (Lipinski definition) is 3. The van der Waals surface area contributed by atoms with Gasteiger partial charge in [-0.3, -0.25) is 4.99 Å². The Kier molecular flexibility index (Phi) is 8.07. The molecule has 1 unspecified atom stereocenters. The second-order valence-electron chi connectivity index (χ2n) is 4.81. The molecule has 0 aromatic heterocycles. The van der Waals surface area contributed by atoms with Crippen molar-refractivity contribution in [2.45, 2.75) is 20.3 Å². The summed E-state index contributed by atoms with van der Waals surface area (Å²) >= 11 is 5.86. The van der Waals surface area contributed by atoms with Crippen LogP contribution in [-0.4, -0.2) is 37.3 Å². The maximum absolute atomic E-state index is 9.00. The Balaban J connectivity index is 2.40. The van der Waals surface area contributed by atoms with E-state index in [0.29, 0.717) is 6.54 Å². The van der Waals surface area contributed by atoms with Crippen molar-refractivity contribution in [2.75, 3.05) is 26.2 Å². The maximum atomic E-state index is 9.00. The summed E-state index contributed by atoms with van der Waals surface area (Å²) in [5, 5.41) is 16.2. The zero-order valence-electron chi connectivity index (χ0n) is 12.2. The van der Waals surface area contributed by atoms with Crippen LogP contribution in [0.4, 0.5) is 0 Å². The molecule has 1 aromatic carbocycles. The minimum absolute atomic E-state index is 0.160. The molecule has 112 valence electrons. The van der Waals surface area contributed by atoms with Gasteiger partial charge in [-0.2, -0.15) is 0 Å². The average molecular weight is 298 g/mol. The van der Waals surface area contributed by atoms with Crippen molar-refractivity contribution in [2.24, 2.45) is 10.9 Å². The van der Waals surface area contributed by atoms with Crippen molar-refractivity contribution in [3.05, 3.63) is 34.9 Å². The summed E-state index contributed by atoms with van der Waals surface area (Å²) in [6.45, 7) is 6.41. The van der Waals surface area contributed by atoms with Crippen LogP contribution in [0.1, 0.15) is 19.4 Å². The molecule has 0 heterocycles. The van der Waals surface area contributed by atoms with Crippen molar-refractivity contribution in [3.63, 3.8) is 0 Å². The van der Waals surface area contributed by atoms with Gasteiger partial charge in [0.05, 0.1) is 0 Å². The third kappa shape index (κ3) is 6.78. The highest BCUT2D eigenvalue weighted by Gasteiger charge is 2.01. The van der Waals surface area contributed by atoms with Crippen LogP contribution in [0.25, 0.3) is 0 Å². The Morgan fingerprint density at radius 1 is 1.30 bits per heavy atom. The van der Waals surface area contributed by atoms with Crippen molar-refractivity contribution in [1.29, 1.82) is 0 Å². The number of guanidine groups is 1. The second kappa shape index (κ2) is 9.61. The molecule has 0 bridgehead atoms. The first kappa shape index (κ1) is 16.8. The molecule has 1 atom stereocenters. The van der Waals surface area contributed by atoms with E-state index >= 15 is 0 Å². The fraction of sp³-hybridized carbons (Fsp3) is 0.533. The molecule has 0 aliphatic rings. The quantitative estimate of drug-likeness (QED) is 0.533. The van der Waals surface area contributed by atoms with Gasteiger partial charge in [-0.1, -0.05) is 30.7 Å². The number of hydrogen-bond acceptors (Lipinski definition) is 2. The largest absolute Gasteiger partial charge is 0.396 e. The molecule has 0 saturated carbocycles. The van der Waals surface area contributed by atoms with Crippen molar-refractivity contribution in [1.82, 2.24) is 10.6 Å². The van der Waals surface area contributed by atoms with E-state index < -0.39 is 0 Å². The lowest BCUT2D eigenvalue weighted by atomic mass is 10.1. The topological polar surface area (TPSA) is 56.7 Å². The van der Waals surface area contributed by atoms with Crippen LogP contribution in [0, 0.1) is 5.92 Å². The predicted molar refractivity (Wildman–Crippen MR) is 85.4 cm³/mol. The first-order valence-electron chi connectivity index (χ1n) is 7.03. The Labute approximate surface area is 126 Å². The van der Waals surface area contributed by atoms with Crippen LogP contribution in [0.15, 0.2) is 29.3 Å². The molecule has 0 fully saturated rings. The fourth-order valence-electron chi connectivity index (χ4n) is 1.62. The molecule has 0 radical (unpaired) electrons. The lowest BCUT2D eigenvalue weighted by molar-refractivity contribution is 0.241. The number of aliphatic hydroxyl groups excluding tert-OH is 1. The van der Waals surface area contributed by atoms with Gasteiger partial charge in [-0.25, -0.2) is 0 Å². The van der Waals surface area contributed by atoms with E-state index in [1.54, 1.807) is 0 Å². The highest BCUT2D eigenvalue weighted by Crippen LogP contribution is 2.09. The summed E-state index contributed by atoms with van der Waals surface area (Å²) < 4.78 is 0. The maximum Gasteiger partial charge on any atom is 0.191 e. The highest BCUT2D eigenvalue weighted by molar-refractivity contribution is 6.30. The van der Waals surface area contributed by atoms with Crippen LogP contribution < -0.4 is 10.6 Å². The van der Waals surface area contributed by atoms with Gasteiger partial charge in [0, 0.05) is 31.3 Å². The SMILES string of the molecule is CCNC(=NCC(C)CO)NCCc1ccc(Cl)cc1. The Bertz CT molecular complexity index is 406. The van der Waals surface area contributed by atoms with E-state index in [-0.39, 0.29) is 12.5 Å². The van der Waals surface area contributed by atoms with E-state index in [1.807, 2.05) is 38.1 Å². The van der Waals surface area contributed by atoms with Crippen LogP contribution in [-0.2, 0) is 6.42 Å². The highest BCUT2D eigenvalue weighted by atomic mass is 35.5. The Morgan fingerprint density at radius 2 is 2.00 bits per heavy atom. The third-order valence-corrected chi connectivity index (χ3v) is 3.09. The number of aliphatic hydroxyl groups is 1. The van der Waals surface area contributed by atoms with Crippen molar-refractivity contribution >= 4 is 17.6 Å². The normalized spacial score (nSPS) is 13.1. The van der Waals surface area contributed by atoms with Gasteiger partial charge in [-0.15, -0.1) is 0 Å². The molecule has 4 nitrogen and oxygen atoms in total. The van der Waals surface area contributed by atoms with E-state index in [4.69, 9.17) is 16.7 Å². The summed E-state index contributed by atoms with van der Waals surface area (Å²) in [7, 11) is 0. The molecule has 5 heteroatoms. The number of rotatable bonds is 7. The van der Waals surface area contributed by atoms with E-state index in [9.17, 15) is 0 Å². The van der Waals surface area contributed by atoms with Crippen LogP contribution >= 0.6 is 11.6 Å². The summed E-state index contributed by atoms with van der Waals surface area (Å²) in [4.78, 5) is 4.44. The molecular formula is C15H24ClN3O. The summed E-state index contributed by atoms with van der Waals surface area (Å²) in [6, 6.07) is 7.86. The Hall–Kier alpha value is -1.26. The molecule has 1 aromatic rings. The van der Waals surface area contributed by atoms with Crippen molar-refractivity contribution < 1.29 is 5.11 Å². The summed E-state index contributed by atoms with van der Waals surface area (Å²) in [6.07, 6.45) is 0.914. The molecule has 20 heavy (non-hydrogen) atoms. The zero-order valence-corrected chi connectivity index (χ0v) is 13.0. The Morgan fingerprint density at radius 3 is 2.60 bits per heavy atom. The van der Waals surface area contributed by atoms with Gasteiger partial charge in [0.2, 0.25) is 0 Å². The molecule has 0 saturated heterocycles. The minimum Gasteiger partial charge on any atom is -0.396 e. The number of benzene rings is 1.